The zero-order valence-corrected chi connectivity index (χ0v) is 13.2. The number of benzene rings is 1. The highest BCUT2D eigenvalue weighted by Crippen LogP contribution is 2.27. The predicted molar refractivity (Wildman–Crippen MR) is 90.0 cm³/mol. The van der Waals surface area contributed by atoms with Crippen molar-refractivity contribution in [3.63, 3.8) is 0 Å². The van der Waals surface area contributed by atoms with Gasteiger partial charge in [-0.05, 0) is 24.0 Å². The highest BCUT2D eigenvalue weighted by atomic mass is 32.2. The molecule has 22 heavy (non-hydrogen) atoms. The normalized spacial score (nSPS) is 10.6. The quantitative estimate of drug-likeness (QED) is 0.570. The molecule has 0 aliphatic carbocycles. The molecule has 0 spiro atoms. The lowest BCUT2D eigenvalue weighted by molar-refractivity contribution is 0.415. The van der Waals surface area contributed by atoms with Crippen molar-refractivity contribution in [3.8, 4) is 5.75 Å². The van der Waals surface area contributed by atoms with E-state index >= 15 is 0 Å². The SMILES string of the molecule is CCSc1nc(Nc2cccc(OC)c2)c2ccncc2n1. The van der Waals surface area contributed by atoms with Gasteiger partial charge in [0.05, 0.1) is 18.8 Å². The molecule has 112 valence electrons. The zero-order chi connectivity index (χ0) is 15.4. The molecule has 0 amide bonds. The van der Waals surface area contributed by atoms with Gasteiger partial charge in [-0.1, -0.05) is 24.8 Å². The average molecular weight is 312 g/mol. The zero-order valence-electron chi connectivity index (χ0n) is 12.4. The molecule has 0 fully saturated rings. The average Bonchev–Trinajstić information content (AvgIpc) is 2.55. The van der Waals surface area contributed by atoms with Crippen molar-refractivity contribution < 1.29 is 4.74 Å². The minimum atomic E-state index is 0.744. The van der Waals surface area contributed by atoms with E-state index in [1.54, 1.807) is 31.3 Å². The number of anilines is 2. The number of rotatable bonds is 5. The molecule has 0 atom stereocenters. The Hall–Kier alpha value is -2.34. The van der Waals surface area contributed by atoms with Crippen LogP contribution < -0.4 is 10.1 Å². The van der Waals surface area contributed by atoms with Crippen LogP contribution in [0.2, 0.25) is 0 Å². The van der Waals surface area contributed by atoms with E-state index in [-0.39, 0.29) is 0 Å². The van der Waals surface area contributed by atoms with E-state index in [2.05, 4.69) is 27.2 Å². The van der Waals surface area contributed by atoms with Crippen LogP contribution in [-0.2, 0) is 0 Å². The van der Waals surface area contributed by atoms with Crippen LogP contribution in [0.1, 0.15) is 6.92 Å². The molecule has 2 heterocycles. The first-order valence-corrected chi connectivity index (χ1v) is 7.94. The van der Waals surface area contributed by atoms with E-state index < -0.39 is 0 Å². The first kappa shape index (κ1) is 14.6. The van der Waals surface area contributed by atoms with E-state index in [9.17, 15) is 0 Å². The van der Waals surface area contributed by atoms with Gasteiger partial charge in [-0.25, -0.2) is 9.97 Å². The second kappa shape index (κ2) is 6.62. The number of ether oxygens (including phenoxy) is 1. The summed E-state index contributed by atoms with van der Waals surface area (Å²) in [6.45, 7) is 2.08. The Morgan fingerprint density at radius 1 is 1.23 bits per heavy atom. The van der Waals surface area contributed by atoms with Crippen LogP contribution in [0.5, 0.6) is 5.75 Å². The summed E-state index contributed by atoms with van der Waals surface area (Å²) in [7, 11) is 1.65. The van der Waals surface area contributed by atoms with E-state index in [1.807, 2.05) is 30.3 Å². The third-order valence-corrected chi connectivity index (χ3v) is 3.81. The molecule has 0 aliphatic heterocycles. The molecule has 0 radical (unpaired) electrons. The fourth-order valence-corrected chi connectivity index (χ4v) is 2.66. The Morgan fingerprint density at radius 2 is 2.14 bits per heavy atom. The number of hydrogen-bond donors (Lipinski definition) is 1. The smallest absolute Gasteiger partial charge is 0.190 e. The Morgan fingerprint density at radius 3 is 2.95 bits per heavy atom. The van der Waals surface area contributed by atoms with Crippen molar-refractivity contribution in [1.82, 2.24) is 15.0 Å². The van der Waals surface area contributed by atoms with Gasteiger partial charge in [0.15, 0.2) is 5.16 Å². The molecular formula is C16H16N4OS. The summed E-state index contributed by atoms with van der Waals surface area (Å²) in [4.78, 5) is 13.3. The van der Waals surface area contributed by atoms with Gasteiger partial charge in [0, 0.05) is 23.3 Å². The lowest BCUT2D eigenvalue weighted by Gasteiger charge is -2.11. The molecule has 6 heteroatoms. The number of pyridine rings is 1. The molecule has 3 aromatic rings. The highest BCUT2D eigenvalue weighted by Gasteiger charge is 2.08. The molecule has 0 unspecified atom stereocenters. The van der Waals surface area contributed by atoms with Crippen molar-refractivity contribution >= 4 is 34.2 Å². The lowest BCUT2D eigenvalue weighted by atomic mass is 10.2. The molecule has 5 nitrogen and oxygen atoms in total. The molecule has 0 saturated heterocycles. The number of aromatic nitrogens is 3. The summed E-state index contributed by atoms with van der Waals surface area (Å²) in [5, 5.41) is 5.03. The molecular weight excluding hydrogens is 296 g/mol. The van der Waals surface area contributed by atoms with Crippen LogP contribution >= 0.6 is 11.8 Å². The Labute approximate surface area is 133 Å². The summed E-state index contributed by atoms with van der Waals surface area (Å²) in [5.41, 5.74) is 1.75. The van der Waals surface area contributed by atoms with E-state index in [4.69, 9.17) is 4.74 Å². The van der Waals surface area contributed by atoms with Crippen molar-refractivity contribution in [3.05, 3.63) is 42.7 Å². The summed E-state index contributed by atoms with van der Waals surface area (Å²) in [6, 6.07) is 9.67. The van der Waals surface area contributed by atoms with Gasteiger partial charge in [-0.2, -0.15) is 0 Å². The van der Waals surface area contributed by atoms with Gasteiger partial charge in [-0.15, -0.1) is 0 Å². The molecule has 0 saturated carbocycles. The number of fused-ring (bicyclic) bond motifs is 1. The van der Waals surface area contributed by atoms with Crippen molar-refractivity contribution in [2.24, 2.45) is 0 Å². The van der Waals surface area contributed by atoms with Gasteiger partial charge < -0.3 is 10.1 Å². The van der Waals surface area contributed by atoms with Crippen LogP contribution in [0.15, 0.2) is 47.9 Å². The summed E-state index contributed by atoms with van der Waals surface area (Å²) in [5.74, 6) is 2.49. The lowest BCUT2D eigenvalue weighted by Crippen LogP contribution is -1.99. The van der Waals surface area contributed by atoms with E-state index in [0.717, 1.165) is 39.1 Å². The van der Waals surface area contributed by atoms with Crippen LogP contribution in [-0.4, -0.2) is 27.8 Å². The fraction of sp³-hybridized carbons (Fsp3) is 0.188. The van der Waals surface area contributed by atoms with Gasteiger partial charge in [-0.3, -0.25) is 4.98 Å². The van der Waals surface area contributed by atoms with Crippen molar-refractivity contribution in [2.75, 3.05) is 18.2 Å². The van der Waals surface area contributed by atoms with Crippen molar-refractivity contribution in [1.29, 1.82) is 0 Å². The monoisotopic (exact) mass is 312 g/mol. The van der Waals surface area contributed by atoms with E-state index in [1.165, 1.54) is 0 Å². The molecule has 1 N–H and O–H groups in total. The number of thioether (sulfide) groups is 1. The first-order valence-electron chi connectivity index (χ1n) is 6.96. The molecule has 2 aromatic heterocycles. The van der Waals surface area contributed by atoms with Gasteiger partial charge in [0.25, 0.3) is 0 Å². The molecule has 1 aromatic carbocycles. The maximum atomic E-state index is 5.26. The van der Waals surface area contributed by atoms with Crippen LogP contribution in [0.4, 0.5) is 11.5 Å². The van der Waals surface area contributed by atoms with Gasteiger partial charge in [0.1, 0.15) is 11.6 Å². The maximum Gasteiger partial charge on any atom is 0.190 e. The summed E-state index contributed by atoms with van der Waals surface area (Å²) >= 11 is 1.61. The number of hydrogen-bond acceptors (Lipinski definition) is 6. The Bertz CT molecular complexity index is 794. The van der Waals surface area contributed by atoms with Crippen LogP contribution in [0.3, 0.4) is 0 Å². The second-order valence-corrected chi connectivity index (χ2v) is 5.77. The maximum absolute atomic E-state index is 5.26. The standard InChI is InChI=1S/C16H16N4OS/c1-3-22-16-19-14-10-17-8-7-13(14)15(20-16)18-11-5-4-6-12(9-11)21-2/h4-10H,3H2,1-2H3,(H,18,19,20). The second-order valence-electron chi connectivity index (χ2n) is 4.54. The third-order valence-electron chi connectivity index (χ3n) is 3.08. The first-order chi connectivity index (χ1) is 10.8. The minimum absolute atomic E-state index is 0.744. The van der Waals surface area contributed by atoms with Crippen LogP contribution in [0, 0.1) is 0 Å². The predicted octanol–water partition coefficient (Wildman–Crippen LogP) is 3.89. The summed E-state index contributed by atoms with van der Waals surface area (Å²) in [6.07, 6.45) is 3.50. The van der Waals surface area contributed by atoms with Crippen molar-refractivity contribution in [2.45, 2.75) is 12.1 Å². The highest BCUT2D eigenvalue weighted by molar-refractivity contribution is 7.99. The largest absolute Gasteiger partial charge is 0.497 e. The minimum Gasteiger partial charge on any atom is -0.497 e. The summed E-state index contributed by atoms with van der Waals surface area (Å²) < 4.78 is 5.26. The number of methoxy groups -OCH3 is 1. The topological polar surface area (TPSA) is 59.9 Å². The molecule has 0 aliphatic rings. The fourth-order valence-electron chi connectivity index (χ4n) is 2.09. The van der Waals surface area contributed by atoms with E-state index in [0.29, 0.717) is 0 Å². The third kappa shape index (κ3) is 3.12. The van der Waals surface area contributed by atoms with Gasteiger partial charge >= 0.3 is 0 Å². The van der Waals surface area contributed by atoms with Gasteiger partial charge in [0.2, 0.25) is 0 Å². The Balaban J connectivity index is 2.04. The van der Waals surface area contributed by atoms with Crippen LogP contribution in [0.25, 0.3) is 10.9 Å². The molecule has 0 bridgehead atoms. The number of nitrogens with one attached hydrogen (secondary N) is 1. The molecule has 3 rings (SSSR count). The number of nitrogens with zero attached hydrogens (tertiary/aromatic N) is 3. The Kier molecular flexibility index (Phi) is 4.39.